The van der Waals surface area contributed by atoms with E-state index in [-0.39, 0.29) is 18.5 Å². The van der Waals surface area contributed by atoms with Crippen molar-refractivity contribution in [3.63, 3.8) is 0 Å². The maximum absolute atomic E-state index is 12.3. The van der Waals surface area contributed by atoms with Gasteiger partial charge in [-0.05, 0) is 69.1 Å². The van der Waals surface area contributed by atoms with Crippen LogP contribution in [0.4, 0.5) is 0 Å². The SMILES string of the molecule is CCCCCCC(CCCC)COC(=O)CCCCCCCC(CO)CCCCCCCC(=O)OCC(CCCC)CCCCCC. The molecule has 2 atom stereocenters. The summed E-state index contributed by atoms with van der Waals surface area (Å²) >= 11 is 0. The van der Waals surface area contributed by atoms with Gasteiger partial charge < -0.3 is 14.6 Å². The van der Waals surface area contributed by atoms with E-state index in [4.69, 9.17) is 9.47 Å². The lowest BCUT2D eigenvalue weighted by Gasteiger charge is -2.17. The molecule has 0 aromatic rings. The van der Waals surface area contributed by atoms with Crippen molar-refractivity contribution in [1.82, 2.24) is 0 Å². The molecule has 0 saturated carbocycles. The number of rotatable bonds is 37. The van der Waals surface area contributed by atoms with Crippen molar-refractivity contribution < 1.29 is 24.2 Å². The first-order valence-corrected chi connectivity index (χ1v) is 20.9. The van der Waals surface area contributed by atoms with Crippen molar-refractivity contribution in [2.45, 2.75) is 220 Å². The van der Waals surface area contributed by atoms with Gasteiger partial charge in [-0.15, -0.1) is 0 Å². The Morgan fingerprint density at radius 3 is 1.06 bits per heavy atom. The van der Waals surface area contributed by atoms with E-state index in [1.807, 2.05) is 0 Å². The van der Waals surface area contributed by atoms with Crippen LogP contribution in [0.25, 0.3) is 0 Å². The van der Waals surface area contributed by atoms with Gasteiger partial charge in [0.1, 0.15) is 0 Å². The third-order valence-electron chi connectivity index (χ3n) is 10.1. The van der Waals surface area contributed by atoms with Crippen LogP contribution in [0.5, 0.6) is 0 Å². The summed E-state index contributed by atoms with van der Waals surface area (Å²) in [5.74, 6) is 1.45. The number of carbonyl (C=O) groups excluding carboxylic acids is 2. The summed E-state index contributed by atoms with van der Waals surface area (Å²) in [5, 5.41) is 9.84. The van der Waals surface area contributed by atoms with Crippen molar-refractivity contribution in [3.8, 4) is 0 Å². The Labute approximate surface area is 293 Å². The average Bonchev–Trinajstić information content (AvgIpc) is 3.08. The number of esters is 2. The standard InChI is InChI=1S/C42H82O5/c1-5-9-13-21-31-39(27-11-7-3)36-46-41(44)33-25-19-15-17-23-29-38(35-43)30-24-18-16-20-26-34-42(45)47-37-40(28-12-8-4)32-22-14-10-6-2/h38-40,43H,5-37H2,1-4H3. The lowest BCUT2D eigenvalue weighted by atomic mass is 9.95. The highest BCUT2D eigenvalue weighted by Gasteiger charge is 2.14. The fraction of sp³-hybridized carbons (Fsp3) is 0.952. The zero-order valence-electron chi connectivity index (χ0n) is 32.1. The molecule has 0 bridgehead atoms. The van der Waals surface area contributed by atoms with Crippen molar-refractivity contribution in [2.75, 3.05) is 19.8 Å². The van der Waals surface area contributed by atoms with Crippen LogP contribution >= 0.6 is 0 Å². The molecule has 0 spiro atoms. The maximum atomic E-state index is 12.3. The Morgan fingerprint density at radius 1 is 0.404 bits per heavy atom. The van der Waals surface area contributed by atoms with Crippen LogP contribution in [-0.4, -0.2) is 36.9 Å². The van der Waals surface area contributed by atoms with E-state index in [1.54, 1.807) is 0 Å². The molecular weight excluding hydrogens is 584 g/mol. The Hall–Kier alpha value is -1.10. The van der Waals surface area contributed by atoms with E-state index in [0.29, 0.717) is 43.8 Å². The Balaban J connectivity index is 3.82. The molecule has 5 nitrogen and oxygen atoms in total. The Kier molecular flexibility index (Phi) is 35.3. The molecule has 2 unspecified atom stereocenters. The molecule has 0 rings (SSSR count). The summed E-state index contributed by atoms with van der Waals surface area (Å²) in [6, 6.07) is 0. The van der Waals surface area contributed by atoms with E-state index in [0.717, 1.165) is 64.2 Å². The van der Waals surface area contributed by atoms with Gasteiger partial charge in [0.25, 0.3) is 0 Å². The summed E-state index contributed by atoms with van der Waals surface area (Å²) < 4.78 is 11.3. The number of hydrogen-bond donors (Lipinski definition) is 1. The number of aliphatic hydroxyl groups excluding tert-OH is 1. The van der Waals surface area contributed by atoms with Gasteiger partial charge in [0.2, 0.25) is 0 Å². The molecule has 1 N–H and O–H groups in total. The number of carbonyl (C=O) groups is 2. The highest BCUT2D eigenvalue weighted by atomic mass is 16.5. The van der Waals surface area contributed by atoms with Crippen LogP contribution in [0, 0.1) is 17.8 Å². The van der Waals surface area contributed by atoms with Crippen LogP contribution < -0.4 is 0 Å². The minimum atomic E-state index is -0.0141. The van der Waals surface area contributed by atoms with Gasteiger partial charge in [-0.25, -0.2) is 0 Å². The normalized spacial score (nSPS) is 13.4. The van der Waals surface area contributed by atoms with Crippen molar-refractivity contribution >= 4 is 11.9 Å². The lowest BCUT2D eigenvalue weighted by Crippen LogP contribution is -2.14. The van der Waals surface area contributed by atoms with Crippen LogP contribution in [-0.2, 0) is 19.1 Å². The highest BCUT2D eigenvalue weighted by Crippen LogP contribution is 2.21. The van der Waals surface area contributed by atoms with Gasteiger partial charge in [-0.2, -0.15) is 0 Å². The zero-order valence-corrected chi connectivity index (χ0v) is 32.1. The van der Waals surface area contributed by atoms with Gasteiger partial charge in [0.15, 0.2) is 0 Å². The van der Waals surface area contributed by atoms with Crippen LogP contribution in [0.15, 0.2) is 0 Å². The molecule has 0 amide bonds. The first-order chi connectivity index (χ1) is 23.0. The van der Waals surface area contributed by atoms with E-state index in [9.17, 15) is 14.7 Å². The Bertz CT molecular complexity index is 611. The second-order valence-electron chi connectivity index (χ2n) is 14.7. The third kappa shape index (κ3) is 31.9. The van der Waals surface area contributed by atoms with Crippen LogP contribution in [0.2, 0.25) is 0 Å². The molecule has 0 aromatic heterocycles. The van der Waals surface area contributed by atoms with Gasteiger partial charge in [-0.3, -0.25) is 9.59 Å². The van der Waals surface area contributed by atoms with Gasteiger partial charge >= 0.3 is 11.9 Å². The van der Waals surface area contributed by atoms with Gasteiger partial charge in [0.05, 0.1) is 13.2 Å². The van der Waals surface area contributed by atoms with E-state index in [2.05, 4.69) is 27.7 Å². The average molecular weight is 667 g/mol. The van der Waals surface area contributed by atoms with Crippen LogP contribution in [0.3, 0.4) is 0 Å². The first-order valence-electron chi connectivity index (χ1n) is 20.9. The molecule has 0 saturated heterocycles. The fourth-order valence-corrected chi connectivity index (χ4v) is 6.69. The molecule has 0 aliphatic heterocycles. The topological polar surface area (TPSA) is 72.8 Å². The summed E-state index contributed by atoms with van der Waals surface area (Å²) in [6.45, 7) is 10.5. The smallest absolute Gasteiger partial charge is 0.305 e. The monoisotopic (exact) mass is 667 g/mol. The fourth-order valence-electron chi connectivity index (χ4n) is 6.69. The number of unbranched alkanes of at least 4 members (excludes halogenated alkanes) is 16. The summed E-state index contributed by atoms with van der Waals surface area (Å²) in [6.07, 6.45) is 34.2. The van der Waals surface area contributed by atoms with Crippen molar-refractivity contribution in [2.24, 2.45) is 17.8 Å². The minimum Gasteiger partial charge on any atom is -0.465 e. The molecule has 0 fully saturated rings. The molecule has 0 aliphatic carbocycles. The second kappa shape index (κ2) is 36.2. The molecular formula is C42H82O5. The molecule has 0 heterocycles. The van der Waals surface area contributed by atoms with Crippen LogP contribution in [0.1, 0.15) is 220 Å². The van der Waals surface area contributed by atoms with Gasteiger partial charge in [-0.1, -0.05) is 156 Å². The van der Waals surface area contributed by atoms with Crippen molar-refractivity contribution in [3.05, 3.63) is 0 Å². The van der Waals surface area contributed by atoms with Gasteiger partial charge in [0, 0.05) is 19.4 Å². The summed E-state index contributed by atoms with van der Waals surface area (Å²) in [7, 11) is 0. The highest BCUT2D eigenvalue weighted by molar-refractivity contribution is 5.69. The van der Waals surface area contributed by atoms with Crippen molar-refractivity contribution in [1.29, 1.82) is 0 Å². The largest absolute Gasteiger partial charge is 0.465 e. The molecule has 0 aromatic carbocycles. The molecule has 5 heteroatoms. The maximum Gasteiger partial charge on any atom is 0.305 e. The lowest BCUT2D eigenvalue weighted by molar-refractivity contribution is -0.146. The molecule has 0 radical (unpaired) electrons. The van der Waals surface area contributed by atoms with E-state index >= 15 is 0 Å². The Morgan fingerprint density at radius 2 is 0.702 bits per heavy atom. The predicted octanol–water partition coefficient (Wildman–Crippen LogP) is 12.7. The third-order valence-corrected chi connectivity index (χ3v) is 10.1. The number of aliphatic hydroxyl groups is 1. The molecule has 47 heavy (non-hydrogen) atoms. The number of hydrogen-bond acceptors (Lipinski definition) is 5. The molecule has 0 aliphatic rings. The van der Waals surface area contributed by atoms with E-state index in [1.165, 1.54) is 116 Å². The second-order valence-corrected chi connectivity index (χ2v) is 14.7. The minimum absolute atomic E-state index is 0.0141. The first kappa shape index (κ1) is 45.9. The van der Waals surface area contributed by atoms with E-state index < -0.39 is 0 Å². The quantitative estimate of drug-likeness (QED) is 0.0527. The molecule has 280 valence electrons. The summed E-state index contributed by atoms with van der Waals surface area (Å²) in [4.78, 5) is 24.6. The number of ether oxygens (including phenoxy) is 2. The summed E-state index contributed by atoms with van der Waals surface area (Å²) in [5.41, 5.74) is 0. The zero-order chi connectivity index (χ0) is 34.6. The predicted molar refractivity (Wildman–Crippen MR) is 201 cm³/mol.